The van der Waals surface area contributed by atoms with Gasteiger partial charge in [-0.2, -0.15) is 0 Å². The first-order valence-electron chi connectivity index (χ1n) is 9.02. The average molecular weight is 404 g/mol. The standard InChI is InChI=1S/C20H24N2O5S/c1-5-26-19-13(2)10-16(11-14(19)3)28(24,25)21-15-6-7-18-17(12-15)20(23)22(4)8-9-27-18/h6-7,10-12,21H,5,8-9H2,1-4H3. The summed E-state index contributed by atoms with van der Waals surface area (Å²) in [4.78, 5) is 14.2. The number of aryl methyl sites for hydroxylation is 2. The molecule has 8 heteroatoms. The molecule has 150 valence electrons. The summed E-state index contributed by atoms with van der Waals surface area (Å²) in [5.41, 5.74) is 2.12. The van der Waals surface area contributed by atoms with Gasteiger partial charge in [-0.3, -0.25) is 9.52 Å². The van der Waals surface area contributed by atoms with E-state index in [9.17, 15) is 13.2 Å². The van der Waals surface area contributed by atoms with Gasteiger partial charge >= 0.3 is 0 Å². The van der Waals surface area contributed by atoms with Crippen molar-refractivity contribution in [3.63, 3.8) is 0 Å². The van der Waals surface area contributed by atoms with Crippen LogP contribution in [0.5, 0.6) is 11.5 Å². The van der Waals surface area contributed by atoms with Crippen LogP contribution in [0.2, 0.25) is 0 Å². The van der Waals surface area contributed by atoms with Gasteiger partial charge in [-0.1, -0.05) is 0 Å². The van der Waals surface area contributed by atoms with Crippen LogP contribution in [0.15, 0.2) is 35.2 Å². The number of rotatable bonds is 5. The van der Waals surface area contributed by atoms with E-state index >= 15 is 0 Å². The van der Waals surface area contributed by atoms with Crippen LogP contribution in [0.1, 0.15) is 28.4 Å². The maximum atomic E-state index is 12.9. The quantitative estimate of drug-likeness (QED) is 0.828. The number of nitrogens with zero attached hydrogens (tertiary/aromatic N) is 1. The minimum atomic E-state index is -3.83. The minimum absolute atomic E-state index is 0.139. The van der Waals surface area contributed by atoms with E-state index in [-0.39, 0.29) is 10.8 Å². The Morgan fingerprint density at radius 2 is 1.86 bits per heavy atom. The van der Waals surface area contributed by atoms with Crippen LogP contribution in [0.4, 0.5) is 5.69 Å². The van der Waals surface area contributed by atoms with Crippen LogP contribution >= 0.6 is 0 Å². The zero-order chi connectivity index (χ0) is 20.5. The first-order chi connectivity index (χ1) is 13.2. The highest BCUT2D eigenvalue weighted by atomic mass is 32.2. The number of fused-ring (bicyclic) bond motifs is 1. The number of benzene rings is 2. The third-order valence-corrected chi connectivity index (χ3v) is 5.89. The summed E-state index contributed by atoms with van der Waals surface area (Å²) in [7, 11) is -2.14. The van der Waals surface area contributed by atoms with Crippen LogP contribution in [0.25, 0.3) is 0 Å². The van der Waals surface area contributed by atoms with E-state index in [0.29, 0.717) is 42.5 Å². The number of likely N-dealkylation sites (N-methyl/N-ethyl adjacent to an activating group) is 1. The fourth-order valence-electron chi connectivity index (χ4n) is 3.14. The molecule has 1 amide bonds. The maximum absolute atomic E-state index is 12.9. The molecule has 1 aliphatic heterocycles. The highest BCUT2D eigenvalue weighted by molar-refractivity contribution is 7.92. The van der Waals surface area contributed by atoms with E-state index in [1.165, 1.54) is 6.07 Å². The number of hydrogen-bond acceptors (Lipinski definition) is 5. The molecule has 0 unspecified atom stereocenters. The van der Waals surface area contributed by atoms with E-state index in [1.54, 1.807) is 36.2 Å². The number of sulfonamides is 1. The number of carbonyl (C=O) groups is 1. The molecule has 0 radical (unpaired) electrons. The van der Waals surface area contributed by atoms with Gasteiger partial charge in [0, 0.05) is 12.7 Å². The predicted octanol–water partition coefficient (Wildman–Crippen LogP) is 2.97. The van der Waals surface area contributed by atoms with Crippen molar-refractivity contribution in [2.75, 3.05) is 31.5 Å². The topological polar surface area (TPSA) is 84.9 Å². The molecule has 0 aromatic heterocycles. The lowest BCUT2D eigenvalue weighted by molar-refractivity contribution is 0.0796. The average Bonchev–Trinajstić information content (AvgIpc) is 2.77. The summed E-state index contributed by atoms with van der Waals surface area (Å²) in [6.45, 7) is 6.87. The SMILES string of the molecule is CCOc1c(C)cc(S(=O)(=O)Nc2ccc3c(c2)C(=O)N(C)CCO3)cc1C. The van der Waals surface area contributed by atoms with E-state index in [2.05, 4.69) is 4.72 Å². The van der Waals surface area contributed by atoms with Gasteiger partial charge in [0.25, 0.3) is 15.9 Å². The van der Waals surface area contributed by atoms with Crippen molar-refractivity contribution in [2.45, 2.75) is 25.7 Å². The lowest BCUT2D eigenvalue weighted by Gasteiger charge is -2.15. The molecule has 7 nitrogen and oxygen atoms in total. The zero-order valence-electron chi connectivity index (χ0n) is 16.4. The number of anilines is 1. The molecule has 0 fully saturated rings. The van der Waals surface area contributed by atoms with Gasteiger partial charge in [0.05, 0.1) is 23.6 Å². The Kier molecular flexibility index (Phi) is 5.51. The second-order valence-corrected chi connectivity index (χ2v) is 8.39. The third-order valence-electron chi connectivity index (χ3n) is 4.53. The van der Waals surface area contributed by atoms with Gasteiger partial charge in [0.2, 0.25) is 0 Å². The van der Waals surface area contributed by atoms with Crippen molar-refractivity contribution < 1.29 is 22.7 Å². The molecular formula is C20H24N2O5S. The van der Waals surface area contributed by atoms with Crippen molar-refractivity contribution in [1.82, 2.24) is 4.90 Å². The Labute approximate surface area is 165 Å². The molecule has 0 bridgehead atoms. The number of nitrogens with one attached hydrogen (secondary N) is 1. The molecule has 1 aliphatic rings. The molecule has 0 spiro atoms. The Morgan fingerprint density at radius 1 is 1.18 bits per heavy atom. The van der Waals surface area contributed by atoms with Crippen molar-refractivity contribution in [2.24, 2.45) is 0 Å². The van der Waals surface area contributed by atoms with Gasteiger partial charge in [-0.15, -0.1) is 0 Å². The second-order valence-electron chi connectivity index (χ2n) is 6.71. The fraction of sp³-hybridized carbons (Fsp3) is 0.350. The summed E-state index contributed by atoms with van der Waals surface area (Å²) in [6, 6.07) is 7.85. The molecule has 0 atom stereocenters. The van der Waals surface area contributed by atoms with Crippen molar-refractivity contribution in [1.29, 1.82) is 0 Å². The summed E-state index contributed by atoms with van der Waals surface area (Å²) < 4.78 is 39.5. The van der Waals surface area contributed by atoms with Crippen LogP contribution in [0, 0.1) is 13.8 Å². The first kappa shape index (κ1) is 20.0. The highest BCUT2D eigenvalue weighted by Crippen LogP contribution is 2.30. The maximum Gasteiger partial charge on any atom is 0.261 e. The van der Waals surface area contributed by atoms with Crippen LogP contribution in [-0.2, 0) is 10.0 Å². The fourth-order valence-corrected chi connectivity index (χ4v) is 4.36. The zero-order valence-corrected chi connectivity index (χ0v) is 17.2. The van der Waals surface area contributed by atoms with Gasteiger partial charge in [0.15, 0.2) is 0 Å². The Morgan fingerprint density at radius 3 is 2.50 bits per heavy atom. The Bertz CT molecular complexity index is 994. The van der Waals surface area contributed by atoms with E-state index in [4.69, 9.17) is 9.47 Å². The van der Waals surface area contributed by atoms with E-state index in [0.717, 1.165) is 11.1 Å². The molecule has 1 N–H and O–H groups in total. The molecule has 0 saturated heterocycles. The molecule has 28 heavy (non-hydrogen) atoms. The smallest absolute Gasteiger partial charge is 0.261 e. The van der Waals surface area contributed by atoms with Crippen molar-refractivity contribution >= 4 is 21.6 Å². The molecule has 2 aromatic rings. The minimum Gasteiger partial charge on any atom is -0.493 e. The summed E-state index contributed by atoms with van der Waals surface area (Å²) in [5.74, 6) is 0.934. The number of ether oxygens (including phenoxy) is 2. The first-order valence-corrected chi connectivity index (χ1v) is 10.5. The lowest BCUT2D eigenvalue weighted by atomic mass is 10.1. The van der Waals surface area contributed by atoms with Crippen molar-refractivity contribution in [3.8, 4) is 11.5 Å². The largest absolute Gasteiger partial charge is 0.493 e. The summed E-state index contributed by atoms with van der Waals surface area (Å²) >= 11 is 0. The van der Waals surface area contributed by atoms with Crippen molar-refractivity contribution in [3.05, 3.63) is 47.0 Å². The Hall–Kier alpha value is -2.74. The molecule has 0 saturated carbocycles. The lowest BCUT2D eigenvalue weighted by Crippen LogP contribution is -2.27. The Balaban J connectivity index is 1.93. The van der Waals surface area contributed by atoms with Crippen LogP contribution in [0.3, 0.4) is 0 Å². The molecule has 3 rings (SSSR count). The molecule has 2 aromatic carbocycles. The number of carbonyl (C=O) groups excluding carboxylic acids is 1. The van der Waals surface area contributed by atoms with Crippen LogP contribution in [-0.4, -0.2) is 46.0 Å². The number of amides is 1. The van der Waals surface area contributed by atoms with E-state index < -0.39 is 10.0 Å². The summed E-state index contributed by atoms with van der Waals surface area (Å²) in [5, 5.41) is 0. The van der Waals surface area contributed by atoms with Gasteiger partial charge in [-0.05, 0) is 62.2 Å². The monoisotopic (exact) mass is 404 g/mol. The summed E-state index contributed by atoms with van der Waals surface area (Å²) in [6.07, 6.45) is 0. The molecule has 1 heterocycles. The van der Waals surface area contributed by atoms with Gasteiger partial charge < -0.3 is 14.4 Å². The highest BCUT2D eigenvalue weighted by Gasteiger charge is 2.23. The second kappa shape index (κ2) is 7.71. The van der Waals surface area contributed by atoms with Crippen LogP contribution < -0.4 is 14.2 Å². The molecular weight excluding hydrogens is 380 g/mol. The van der Waals surface area contributed by atoms with Gasteiger partial charge in [-0.25, -0.2) is 8.42 Å². The normalized spacial score (nSPS) is 14.1. The number of hydrogen-bond donors (Lipinski definition) is 1. The predicted molar refractivity (Wildman–Crippen MR) is 107 cm³/mol. The van der Waals surface area contributed by atoms with Gasteiger partial charge in [0.1, 0.15) is 18.1 Å². The third kappa shape index (κ3) is 3.91. The molecule has 0 aliphatic carbocycles. The van der Waals surface area contributed by atoms with E-state index in [1.807, 2.05) is 20.8 Å².